The van der Waals surface area contributed by atoms with Gasteiger partial charge in [0.1, 0.15) is 0 Å². The first-order chi connectivity index (χ1) is 15.2. The van der Waals surface area contributed by atoms with Crippen LogP contribution in [0.3, 0.4) is 0 Å². The summed E-state index contributed by atoms with van der Waals surface area (Å²) in [4.78, 5) is 38.6. The lowest BCUT2D eigenvalue weighted by molar-refractivity contribution is -0.274. The first kappa shape index (κ1) is 26.7. The molecule has 2 heterocycles. The number of carbonyl (C=O) groups excluding carboxylic acids is 3. The number of halogens is 6. The van der Waals surface area contributed by atoms with E-state index in [0.717, 1.165) is 13.0 Å². The van der Waals surface area contributed by atoms with Crippen LogP contribution >= 0.6 is 11.8 Å². The van der Waals surface area contributed by atoms with Crippen LogP contribution < -0.4 is 0 Å². The number of carbonyl (C=O) groups is 3. The Morgan fingerprint density at radius 1 is 1.21 bits per heavy atom. The number of rotatable bonds is 6. The van der Waals surface area contributed by atoms with Crippen molar-refractivity contribution >= 4 is 34.9 Å². The molecule has 2 rings (SSSR count). The van der Waals surface area contributed by atoms with Gasteiger partial charge in [0.25, 0.3) is 0 Å². The molecule has 2 unspecified atom stereocenters. The number of hydroxylamine groups is 2. The van der Waals surface area contributed by atoms with Gasteiger partial charge in [-0.1, -0.05) is 16.8 Å². The monoisotopic (exact) mass is 505 g/mol. The number of hydrogen-bond donors (Lipinski definition) is 1. The molecule has 0 bridgehead atoms. The minimum atomic E-state index is -5.51. The molecule has 0 saturated carbocycles. The van der Waals surface area contributed by atoms with Gasteiger partial charge in [-0.05, 0) is 18.6 Å². The Kier molecular flexibility index (Phi) is 8.53. The normalized spacial score (nSPS) is 21.2. The standard InChI is InChI=1S/C17H17F6N3O6S/c1-9(28)33-12-3-5-26(32-15(30)17(21,22)23)13(31-14(29)16(18,19)20)11(12)8-10-2-4-25(24-10)6-7-27/h2,4,8,12-13,27H,3,5-7H2,1H3/b11-8-. The van der Waals surface area contributed by atoms with Gasteiger partial charge in [0, 0.05) is 30.5 Å². The molecule has 0 amide bonds. The van der Waals surface area contributed by atoms with E-state index in [1.54, 1.807) is 0 Å². The maximum absolute atomic E-state index is 12.8. The molecule has 16 heteroatoms. The van der Waals surface area contributed by atoms with Crippen LogP contribution in [0.4, 0.5) is 26.3 Å². The quantitative estimate of drug-likeness (QED) is 0.459. The summed E-state index contributed by atoms with van der Waals surface area (Å²) in [7, 11) is 0. The lowest BCUT2D eigenvalue weighted by Crippen LogP contribution is -2.51. The van der Waals surface area contributed by atoms with Crippen LogP contribution in [-0.2, 0) is 30.5 Å². The van der Waals surface area contributed by atoms with E-state index in [1.165, 1.54) is 16.9 Å². The van der Waals surface area contributed by atoms with Crippen molar-refractivity contribution in [2.75, 3.05) is 13.2 Å². The molecule has 33 heavy (non-hydrogen) atoms. The number of piperidine rings is 1. The third-order valence-corrected chi connectivity index (χ3v) is 5.15. The number of ether oxygens (including phenoxy) is 1. The van der Waals surface area contributed by atoms with Gasteiger partial charge >= 0.3 is 24.3 Å². The second-order valence-electron chi connectivity index (χ2n) is 6.53. The fourth-order valence-electron chi connectivity index (χ4n) is 2.74. The molecule has 1 aliphatic heterocycles. The number of aromatic nitrogens is 2. The third kappa shape index (κ3) is 7.46. The van der Waals surface area contributed by atoms with Crippen LogP contribution in [0.5, 0.6) is 0 Å². The predicted molar refractivity (Wildman–Crippen MR) is 98.8 cm³/mol. The highest BCUT2D eigenvalue weighted by Crippen LogP contribution is 2.36. The van der Waals surface area contributed by atoms with E-state index in [2.05, 4.69) is 14.7 Å². The fraction of sp³-hybridized carbons (Fsp3) is 0.529. The summed E-state index contributed by atoms with van der Waals surface area (Å²) in [6.45, 7) is 0.369. The molecule has 0 aliphatic carbocycles. The minimum Gasteiger partial charge on any atom is -0.433 e. The lowest BCUT2D eigenvalue weighted by atomic mass is 10.0. The van der Waals surface area contributed by atoms with Gasteiger partial charge in [0.15, 0.2) is 5.12 Å². The summed E-state index contributed by atoms with van der Waals surface area (Å²) in [5.41, 5.74) is -0.187. The Morgan fingerprint density at radius 3 is 2.39 bits per heavy atom. The predicted octanol–water partition coefficient (Wildman–Crippen LogP) is 2.06. The zero-order valence-electron chi connectivity index (χ0n) is 16.7. The maximum atomic E-state index is 12.8. The van der Waals surface area contributed by atoms with E-state index in [1.807, 2.05) is 0 Å². The second kappa shape index (κ2) is 10.6. The van der Waals surface area contributed by atoms with Gasteiger partial charge in [-0.2, -0.15) is 31.4 Å². The summed E-state index contributed by atoms with van der Waals surface area (Å²) in [6.07, 6.45) is -10.8. The average molecular weight is 505 g/mol. The fourth-order valence-corrected chi connectivity index (χ4v) is 3.69. The molecule has 184 valence electrons. The maximum Gasteiger partial charge on any atom is 0.492 e. The van der Waals surface area contributed by atoms with Crippen LogP contribution in [0, 0.1) is 0 Å². The summed E-state index contributed by atoms with van der Waals surface area (Å²) in [6, 6.07) is 1.36. The third-order valence-electron chi connectivity index (χ3n) is 4.03. The molecule has 1 aliphatic rings. The van der Waals surface area contributed by atoms with Crippen molar-refractivity contribution in [1.29, 1.82) is 0 Å². The minimum absolute atomic E-state index is 0.0661. The van der Waals surface area contributed by atoms with Crippen molar-refractivity contribution in [3.63, 3.8) is 0 Å². The van der Waals surface area contributed by atoms with E-state index in [9.17, 15) is 40.7 Å². The molecular formula is C17H17F6N3O6S. The molecule has 1 aromatic rings. The van der Waals surface area contributed by atoms with Crippen LogP contribution in [0.2, 0.25) is 0 Å². The highest BCUT2D eigenvalue weighted by atomic mass is 32.2. The van der Waals surface area contributed by atoms with Gasteiger partial charge in [-0.3, -0.25) is 9.48 Å². The van der Waals surface area contributed by atoms with Gasteiger partial charge in [-0.25, -0.2) is 9.59 Å². The van der Waals surface area contributed by atoms with Crippen LogP contribution in [0.1, 0.15) is 19.0 Å². The Labute approximate surface area is 186 Å². The summed E-state index contributed by atoms with van der Waals surface area (Å²) in [5.74, 6) is -5.48. The summed E-state index contributed by atoms with van der Waals surface area (Å²) in [5, 5.41) is 11.7. The first-order valence-corrected chi connectivity index (χ1v) is 9.97. The highest BCUT2D eigenvalue weighted by molar-refractivity contribution is 8.14. The topological polar surface area (TPSA) is 111 Å². The van der Waals surface area contributed by atoms with Crippen molar-refractivity contribution in [2.24, 2.45) is 0 Å². The van der Waals surface area contributed by atoms with Crippen molar-refractivity contribution < 1.29 is 55.4 Å². The highest BCUT2D eigenvalue weighted by Gasteiger charge is 2.49. The molecule has 0 spiro atoms. The smallest absolute Gasteiger partial charge is 0.433 e. The second-order valence-corrected chi connectivity index (χ2v) is 7.91. The van der Waals surface area contributed by atoms with E-state index >= 15 is 0 Å². The number of hydrogen-bond acceptors (Lipinski definition) is 9. The molecule has 9 nitrogen and oxygen atoms in total. The molecular weight excluding hydrogens is 488 g/mol. The van der Waals surface area contributed by atoms with E-state index in [-0.39, 0.29) is 35.9 Å². The van der Waals surface area contributed by atoms with Crippen molar-refractivity contribution in [3.8, 4) is 0 Å². The van der Waals surface area contributed by atoms with Gasteiger partial charge in [-0.15, -0.1) is 0 Å². The molecule has 2 atom stereocenters. The Morgan fingerprint density at radius 2 is 1.85 bits per heavy atom. The van der Waals surface area contributed by atoms with Gasteiger partial charge in [0.2, 0.25) is 6.23 Å². The van der Waals surface area contributed by atoms with Gasteiger partial charge in [0.05, 0.1) is 18.8 Å². The van der Waals surface area contributed by atoms with Crippen molar-refractivity contribution in [1.82, 2.24) is 14.8 Å². The first-order valence-electron chi connectivity index (χ1n) is 9.09. The zero-order valence-corrected chi connectivity index (χ0v) is 17.5. The summed E-state index contributed by atoms with van der Waals surface area (Å²) < 4.78 is 82.1. The van der Waals surface area contributed by atoms with E-state index in [4.69, 9.17) is 5.11 Å². The number of aliphatic hydroxyl groups is 1. The van der Waals surface area contributed by atoms with E-state index < -0.39 is 47.4 Å². The van der Waals surface area contributed by atoms with Crippen molar-refractivity contribution in [3.05, 3.63) is 23.5 Å². The number of alkyl halides is 6. The molecule has 0 radical (unpaired) electrons. The lowest BCUT2D eigenvalue weighted by Gasteiger charge is -2.38. The zero-order chi connectivity index (χ0) is 25.0. The largest absolute Gasteiger partial charge is 0.492 e. The average Bonchev–Trinajstić information content (AvgIpc) is 3.11. The van der Waals surface area contributed by atoms with E-state index in [0.29, 0.717) is 11.8 Å². The summed E-state index contributed by atoms with van der Waals surface area (Å²) >= 11 is 0.641. The molecule has 1 saturated heterocycles. The molecule has 0 aromatic carbocycles. The Bertz CT molecular complexity index is 916. The van der Waals surface area contributed by atoms with Gasteiger partial charge < -0.3 is 14.7 Å². The van der Waals surface area contributed by atoms with Crippen LogP contribution in [-0.4, -0.2) is 74.0 Å². The molecule has 1 aromatic heterocycles. The number of thioether (sulfide) groups is 1. The number of aliphatic hydroxyl groups excluding tert-OH is 1. The number of esters is 1. The van der Waals surface area contributed by atoms with Crippen molar-refractivity contribution in [2.45, 2.75) is 43.7 Å². The number of nitrogens with zero attached hydrogens (tertiary/aromatic N) is 3. The SMILES string of the molecule is CC(=O)SC1CCN(OC(=O)C(F)(F)F)C(OC(=O)C(F)(F)F)/C1=C\c1ccn(CCO)n1. The molecule has 1 N–H and O–H groups in total. The van der Waals surface area contributed by atoms with Crippen LogP contribution in [0.15, 0.2) is 17.8 Å². The Balaban J connectivity index is 2.51. The Hall–Kier alpha value is -2.59. The molecule has 1 fully saturated rings. The van der Waals surface area contributed by atoms with Crippen LogP contribution in [0.25, 0.3) is 6.08 Å².